The number of benzene rings is 1. The second-order valence-electron chi connectivity index (χ2n) is 4.97. The third kappa shape index (κ3) is 5.81. The van der Waals surface area contributed by atoms with Crippen molar-refractivity contribution in [1.29, 1.82) is 0 Å². The number of rotatable bonds is 6. The maximum Gasteiger partial charge on any atom is 0.238 e. The van der Waals surface area contributed by atoms with Crippen LogP contribution in [0.15, 0.2) is 24.3 Å². The monoisotopic (exact) mass is 329 g/mol. The van der Waals surface area contributed by atoms with Gasteiger partial charge in [0.1, 0.15) is 5.75 Å². The molecule has 1 atom stereocenters. The van der Waals surface area contributed by atoms with Crippen molar-refractivity contribution >= 4 is 24.0 Å². The van der Waals surface area contributed by atoms with Crippen LogP contribution >= 0.6 is 12.4 Å². The topological polar surface area (TPSA) is 76.8 Å². The van der Waals surface area contributed by atoms with Crippen molar-refractivity contribution in [1.82, 2.24) is 4.90 Å². The van der Waals surface area contributed by atoms with Crippen molar-refractivity contribution in [2.45, 2.75) is 13.0 Å². The Morgan fingerprint density at radius 2 is 2.18 bits per heavy atom. The molecule has 124 valence electrons. The number of anilines is 1. The van der Waals surface area contributed by atoms with Gasteiger partial charge in [0.2, 0.25) is 5.91 Å². The molecule has 7 heteroatoms. The number of ether oxygens (including phenoxy) is 2. The summed E-state index contributed by atoms with van der Waals surface area (Å²) in [6.45, 7) is 5.49. The minimum atomic E-state index is -0.0307. The number of hydrogen-bond acceptors (Lipinski definition) is 5. The van der Waals surface area contributed by atoms with Crippen LogP contribution < -0.4 is 15.8 Å². The lowest BCUT2D eigenvalue weighted by Crippen LogP contribution is -2.48. The molecule has 0 radical (unpaired) electrons. The van der Waals surface area contributed by atoms with E-state index in [2.05, 4.69) is 10.2 Å². The first-order valence-corrected chi connectivity index (χ1v) is 7.28. The summed E-state index contributed by atoms with van der Waals surface area (Å²) in [7, 11) is 0. The zero-order chi connectivity index (χ0) is 15.1. The van der Waals surface area contributed by atoms with Crippen molar-refractivity contribution in [3.05, 3.63) is 24.3 Å². The minimum absolute atomic E-state index is 0. The Balaban J connectivity index is 0.00000242. The molecule has 0 spiro atoms. The Bertz CT molecular complexity index is 456. The number of nitrogens with one attached hydrogen (secondary N) is 1. The standard InChI is InChI=1S/C15H23N3O3.ClH/c1-2-20-13-5-3-12(4-6-13)17-15(19)11-18-7-8-21-14(9-16)10-18;/h3-6,14H,2,7-11,16H2,1H3,(H,17,19);1H. The van der Waals surface area contributed by atoms with E-state index in [0.717, 1.165) is 18.0 Å². The minimum Gasteiger partial charge on any atom is -0.494 e. The molecule has 0 bridgehead atoms. The Morgan fingerprint density at radius 1 is 1.45 bits per heavy atom. The van der Waals surface area contributed by atoms with Crippen molar-refractivity contribution in [3.63, 3.8) is 0 Å². The highest BCUT2D eigenvalue weighted by Gasteiger charge is 2.20. The second-order valence-corrected chi connectivity index (χ2v) is 4.97. The molecule has 1 aromatic carbocycles. The van der Waals surface area contributed by atoms with Crippen LogP contribution in [0.1, 0.15) is 6.92 Å². The van der Waals surface area contributed by atoms with E-state index in [0.29, 0.717) is 32.8 Å². The summed E-state index contributed by atoms with van der Waals surface area (Å²) in [4.78, 5) is 14.1. The maximum atomic E-state index is 12.0. The second kappa shape index (κ2) is 9.63. The number of carbonyl (C=O) groups is 1. The van der Waals surface area contributed by atoms with Crippen LogP contribution in [-0.2, 0) is 9.53 Å². The largest absolute Gasteiger partial charge is 0.494 e. The number of nitrogens with zero attached hydrogens (tertiary/aromatic N) is 1. The van der Waals surface area contributed by atoms with Gasteiger partial charge in [0, 0.05) is 25.3 Å². The third-order valence-corrected chi connectivity index (χ3v) is 3.30. The zero-order valence-corrected chi connectivity index (χ0v) is 13.6. The molecule has 1 aliphatic rings. The number of amides is 1. The van der Waals surface area contributed by atoms with Crippen molar-refractivity contribution in [2.24, 2.45) is 5.73 Å². The molecule has 1 aliphatic heterocycles. The SMILES string of the molecule is CCOc1ccc(NC(=O)CN2CCOC(CN)C2)cc1.Cl. The Labute approximate surface area is 137 Å². The fraction of sp³-hybridized carbons (Fsp3) is 0.533. The van der Waals surface area contributed by atoms with Gasteiger partial charge >= 0.3 is 0 Å². The van der Waals surface area contributed by atoms with Crippen molar-refractivity contribution < 1.29 is 14.3 Å². The van der Waals surface area contributed by atoms with Gasteiger partial charge in [0.15, 0.2) is 0 Å². The molecule has 3 N–H and O–H groups in total. The van der Waals surface area contributed by atoms with E-state index in [1.165, 1.54) is 0 Å². The molecule has 1 heterocycles. The first-order chi connectivity index (χ1) is 10.2. The van der Waals surface area contributed by atoms with Gasteiger partial charge < -0.3 is 20.5 Å². The van der Waals surface area contributed by atoms with E-state index in [1.807, 2.05) is 31.2 Å². The number of nitrogens with two attached hydrogens (primary N) is 1. The summed E-state index contributed by atoms with van der Waals surface area (Å²) in [6, 6.07) is 7.37. The smallest absolute Gasteiger partial charge is 0.238 e. The van der Waals surface area contributed by atoms with Crippen molar-refractivity contribution in [3.8, 4) is 5.75 Å². The molecule has 0 saturated carbocycles. The Morgan fingerprint density at radius 3 is 2.82 bits per heavy atom. The van der Waals surface area contributed by atoms with Gasteiger partial charge in [0.05, 0.1) is 25.9 Å². The molecule has 0 aromatic heterocycles. The summed E-state index contributed by atoms with van der Waals surface area (Å²) in [5.74, 6) is 0.770. The molecule has 6 nitrogen and oxygen atoms in total. The van der Waals surface area contributed by atoms with Gasteiger partial charge in [-0.3, -0.25) is 9.69 Å². The van der Waals surface area contributed by atoms with Crippen LogP contribution in [0.2, 0.25) is 0 Å². The summed E-state index contributed by atoms with van der Waals surface area (Å²) < 4.78 is 10.8. The van der Waals surface area contributed by atoms with E-state index in [1.54, 1.807) is 0 Å². The number of morpholine rings is 1. The van der Waals surface area contributed by atoms with Crippen LogP contribution in [-0.4, -0.2) is 56.3 Å². The first-order valence-electron chi connectivity index (χ1n) is 7.28. The molecule has 0 aliphatic carbocycles. The van der Waals surface area contributed by atoms with Gasteiger partial charge in [0.25, 0.3) is 0 Å². The highest BCUT2D eigenvalue weighted by Crippen LogP contribution is 2.15. The molecule has 2 rings (SSSR count). The zero-order valence-electron chi connectivity index (χ0n) is 12.8. The van der Waals surface area contributed by atoms with Crippen LogP contribution in [0.3, 0.4) is 0 Å². The summed E-state index contributed by atoms with van der Waals surface area (Å²) >= 11 is 0. The lowest BCUT2D eigenvalue weighted by atomic mass is 10.2. The normalized spacial score (nSPS) is 18.4. The lowest BCUT2D eigenvalue weighted by Gasteiger charge is -2.31. The van der Waals surface area contributed by atoms with Gasteiger partial charge in [-0.15, -0.1) is 12.4 Å². The molecule has 1 amide bonds. The number of carbonyl (C=O) groups excluding carboxylic acids is 1. The molecule has 1 aromatic rings. The van der Waals surface area contributed by atoms with E-state index in [9.17, 15) is 4.79 Å². The fourth-order valence-electron chi connectivity index (χ4n) is 2.27. The molecule has 1 saturated heterocycles. The highest BCUT2D eigenvalue weighted by atomic mass is 35.5. The first kappa shape index (κ1) is 18.7. The summed E-state index contributed by atoms with van der Waals surface area (Å²) in [6.07, 6.45) is 0.0250. The molecule has 22 heavy (non-hydrogen) atoms. The summed E-state index contributed by atoms with van der Waals surface area (Å²) in [5.41, 5.74) is 6.36. The fourth-order valence-corrected chi connectivity index (χ4v) is 2.27. The lowest BCUT2D eigenvalue weighted by molar-refractivity contribution is -0.119. The number of halogens is 1. The molecule has 1 unspecified atom stereocenters. The van der Waals surface area contributed by atoms with Crippen LogP contribution in [0, 0.1) is 0 Å². The van der Waals surface area contributed by atoms with Gasteiger partial charge in [-0.2, -0.15) is 0 Å². The summed E-state index contributed by atoms with van der Waals surface area (Å²) in [5, 5.41) is 2.88. The third-order valence-electron chi connectivity index (χ3n) is 3.30. The highest BCUT2D eigenvalue weighted by molar-refractivity contribution is 5.92. The van der Waals surface area contributed by atoms with Crippen LogP contribution in [0.4, 0.5) is 5.69 Å². The van der Waals surface area contributed by atoms with E-state index in [-0.39, 0.29) is 24.4 Å². The average molecular weight is 330 g/mol. The van der Waals surface area contributed by atoms with Gasteiger partial charge in [-0.1, -0.05) is 0 Å². The Hall–Kier alpha value is -1.34. The average Bonchev–Trinajstić information content (AvgIpc) is 2.49. The predicted octanol–water partition coefficient (Wildman–Crippen LogP) is 1.11. The van der Waals surface area contributed by atoms with Gasteiger partial charge in [-0.25, -0.2) is 0 Å². The number of hydrogen-bond donors (Lipinski definition) is 2. The quantitative estimate of drug-likeness (QED) is 0.817. The predicted molar refractivity (Wildman–Crippen MR) is 88.7 cm³/mol. The maximum absolute atomic E-state index is 12.0. The van der Waals surface area contributed by atoms with Gasteiger partial charge in [-0.05, 0) is 31.2 Å². The van der Waals surface area contributed by atoms with E-state index >= 15 is 0 Å². The molecular formula is C15H24ClN3O3. The van der Waals surface area contributed by atoms with Crippen molar-refractivity contribution in [2.75, 3.05) is 44.7 Å². The molecular weight excluding hydrogens is 306 g/mol. The van der Waals surface area contributed by atoms with E-state index in [4.69, 9.17) is 15.2 Å². The van der Waals surface area contributed by atoms with Crippen LogP contribution in [0.5, 0.6) is 5.75 Å². The Kier molecular flexibility index (Phi) is 8.19. The van der Waals surface area contributed by atoms with E-state index < -0.39 is 0 Å². The molecule has 1 fully saturated rings. The van der Waals surface area contributed by atoms with Crippen LogP contribution in [0.25, 0.3) is 0 Å².